The molecule has 0 aliphatic rings. The summed E-state index contributed by atoms with van der Waals surface area (Å²) in [5.74, 6) is -6.70. The topological polar surface area (TPSA) is 141 Å². The van der Waals surface area contributed by atoms with E-state index in [9.17, 15) is 45.5 Å². The molecule has 0 fully saturated rings. The fourth-order valence-corrected chi connectivity index (χ4v) is 2.49. The molecule has 16 heteroatoms. The lowest BCUT2D eigenvalue weighted by Gasteiger charge is -2.09. The van der Waals surface area contributed by atoms with E-state index >= 15 is 0 Å². The Kier molecular flexibility index (Phi) is 9.29. The van der Waals surface area contributed by atoms with Crippen LogP contribution in [-0.4, -0.2) is 47.4 Å². The lowest BCUT2D eigenvalue weighted by molar-refractivity contribution is -0.167. The van der Waals surface area contributed by atoms with Gasteiger partial charge in [0.25, 0.3) is 0 Å². The van der Waals surface area contributed by atoms with Crippen LogP contribution in [0.25, 0.3) is 0 Å². The molecular weight excluding hydrogens is 526 g/mol. The normalized spacial score (nSPS) is 12.4. The van der Waals surface area contributed by atoms with Crippen LogP contribution in [0.1, 0.15) is 25.0 Å². The fourth-order valence-electron chi connectivity index (χ4n) is 2.49. The molecule has 2 aromatic carbocycles. The smallest absolute Gasteiger partial charge is 0.318 e. The van der Waals surface area contributed by atoms with Crippen molar-refractivity contribution in [2.45, 2.75) is 26.2 Å². The van der Waals surface area contributed by atoms with E-state index in [-0.39, 0.29) is 22.8 Å². The number of rotatable bonds is 6. The lowest BCUT2D eigenvalue weighted by atomic mass is 10.1. The molecule has 0 unspecified atom stereocenters. The Bertz CT molecular complexity index is 1170. The van der Waals surface area contributed by atoms with Crippen LogP contribution in [0.2, 0.25) is 0 Å². The Balaban J connectivity index is 1.92. The van der Waals surface area contributed by atoms with E-state index in [1.165, 1.54) is 62.4 Å². The van der Waals surface area contributed by atoms with Crippen molar-refractivity contribution >= 4 is 46.4 Å². The van der Waals surface area contributed by atoms with Gasteiger partial charge < -0.3 is 10.6 Å². The summed E-state index contributed by atoms with van der Waals surface area (Å²) in [4.78, 5) is 45.8. The summed E-state index contributed by atoms with van der Waals surface area (Å²) in [7, 11) is 0. The average molecular weight is 544 g/mol. The van der Waals surface area contributed by atoms with E-state index in [0.717, 1.165) is 0 Å². The quantitative estimate of drug-likeness (QED) is 0.192. The zero-order valence-corrected chi connectivity index (χ0v) is 19.4. The number of nitrogens with one attached hydrogen (secondary N) is 4. The van der Waals surface area contributed by atoms with Crippen molar-refractivity contribution in [3.8, 4) is 0 Å². The van der Waals surface area contributed by atoms with E-state index in [1.807, 2.05) is 10.9 Å². The molecule has 0 aliphatic heterocycles. The SMILES string of the molecule is CC(=NNC(=O)C(=O)NN=C(C)c1ccc(NC(=O)C(F)(F)F)cc1)c1ccc(NC(=O)C(F)(F)F)cc1. The highest BCUT2D eigenvalue weighted by atomic mass is 19.4. The largest absolute Gasteiger partial charge is 0.471 e. The number of nitrogens with zero attached hydrogens (tertiary/aromatic N) is 2. The Hall–Kier alpha value is -4.76. The third kappa shape index (κ3) is 8.72. The molecule has 0 aliphatic carbocycles. The number of amides is 4. The van der Waals surface area contributed by atoms with E-state index in [0.29, 0.717) is 11.1 Å². The number of hydrogen-bond donors (Lipinski definition) is 4. The van der Waals surface area contributed by atoms with E-state index in [2.05, 4.69) is 10.2 Å². The van der Waals surface area contributed by atoms with Crippen molar-refractivity contribution in [3.05, 3.63) is 59.7 Å². The van der Waals surface area contributed by atoms with Crippen molar-refractivity contribution < 1.29 is 45.5 Å². The molecule has 202 valence electrons. The number of alkyl halides is 6. The van der Waals surface area contributed by atoms with E-state index in [1.54, 1.807) is 10.6 Å². The first-order valence-electron chi connectivity index (χ1n) is 10.2. The van der Waals surface area contributed by atoms with E-state index in [4.69, 9.17) is 0 Å². The third-order valence-electron chi connectivity index (χ3n) is 4.49. The number of hydrogen-bond acceptors (Lipinski definition) is 6. The summed E-state index contributed by atoms with van der Waals surface area (Å²) < 4.78 is 73.8. The Morgan fingerprint density at radius 1 is 0.579 bits per heavy atom. The van der Waals surface area contributed by atoms with Crippen molar-refractivity contribution in [2.24, 2.45) is 10.2 Å². The summed E-state index contributed by atoms with van der Waals surface area (Å²) >= 11 is 0. The molecule has 0 atom stereocenters. The summed E-state index contributed by atoms with van der Waals surface area (Å²) in [6.07, 6.45) is -10.1. The lowest BCUT2D eigenvalue weighted by Crippen LogP contribution is -2.36. The molecule has 0 radical (unpaired) electrons. The summed E-state index contributed by atoms with van der Waals surface area (Å²) in [6.45, 7) is 2.87. The van der Waals surface area contributed by atoms with Gasteiger partial charge in [-0.2, -0.15) is 36.5 Å². The van der Waals surface area contributed by atoms with Crippen LogP contribution in [0.15, 0.2) is 58.7 Å². The highest BCUT2D eigenvalue weighted by Gasteiger charge is 2.39. The zero-order chi connectivity index (χ0) is 28.7. The predicted molar refractivity (Wildman–Crippen MR) is 123 cm³/mol. The molecule has 0 spiro atoms. The van der Waals surface area contributed by atoms with E-state index < -0.39 is 36.0 Å². The molecule has 2 aromatic rings. The zero-order valence-electron chi connectivity index (χ0n) is 19.4. The third-order valence-corrected chi connectivity index (χ3v) is 4.49. The molecule has 10 nitrogen and oxygen atoms in total. The average Bonchev–Trinajstić information content (AvgIpc) is 2.85. The minimum atomic E-state index is -5.05. The summed E-state index contributed by atoms with van der Waals surface area (Å²) in [6, 6.07) is 10.0. The van der Waals surface area contributed by atoms with Gasteiger partial charge in [-0.05, 0) is 49.2 Å². The number of benzene rings is 2. The molecule has 2 rings (SSSR count). The molecule has 0 saturated carbocycles. The van der Waals surface area contributed by atoms with Crippen LogP contribution >= 0.6 is 0 Å². The number of carbonyl (C=O) groups excluding carboxylic acids is 4. The molecule has 4 N–H and O–H groups in total. The first-order chi connectivity index (χ1) is 17.6. The minimum Gasteiger partial charge on any atom is -0.318 e. The second-order valence-corrected chi connectivity index (χ2v) is 7.33. The standard InChI is InChI=1S/C22H18F6N6O4/c1-11(13-3-7-15(8-4-13)29-19(37)21(23,24)25)31-33-17(35)18(36)34-32-12(2)14-5-9-16(10-6-14)30-20(38)22(26,27)28/h3-10H,1-2H3,(H,29,37)(H,30,38)(H,33,35)(H,34,36). The molecule has 0 aromatic heterocycles. The molecular formula is C22H18F6N6O4. The maximum atomic E-state index is 12.3. The van der Waals surface area contributed by atoms with Crippen LogP contribution in [0.4, 0.5) is 37.7 Å². The Morgan fingerprint density at radius 2 is 0.868 bits per heavy atom. The number of carbonyl (C=O) groups is 4. The van der Waals surface area contributed by atoms with Gasteiger partial charge in [0.05, 0.1) is 11.4 Å². The Labute approximate surface area is 210 Å². The van der Waals surface area contributed by atoms with Crippen LogP contribution in [0.5, 0.6) is 0 Å². The number of hydrazone groups is 2. The van der Waals surface area contributed by atoms with Crippen molar-refractivity contribution in [1.82, 2.24) is 10.9 Å². The second kappa shape index (κ2) is 12.0. The summed E-state index contributed by atoms with van der Waals surface area (Å²) in [5, 5.41) is 10.7. The summed E-state index contributed by atoms with van der Waals surface area (Å²) in [5.41, 5.74) is 4.76. The number of halogens is 6. The van der Waals surface area contributed by atoms with Crippen LogP contribution in [0, 0.1) is 0 Å². The monoisotopic (exact) mass is 544 g/mol. The highest BCUT2D eigenvalue weighted by Crippen LogP contribution is 2.20. The first kappa shape index (κ1) is 29.5. The van der Waals surface area contributed by atoms with Crippen LogP contribution in [0.3, 0.4) is 0 Å². The van der Waals surface area contributed by atoms with Crippen molar-refractivity contribution in [2.75, 3.05) is 10.6 Å². The molecule has 4 amide bonds. The van der Waals surface area contributed by atoms with Gasteiger partial charge in [-0.25, -0.2) is 10.9 Å². The molecule has 0 saturated heterocycles. The van der Waals surface area contributed by atoms with Gasteiger partial charge in [-0.1, -0.05) is 24.3 Å². The molecule has 0 bridgehead atoms. The van der Waals surface area contributed by atoms with Gasteiger partial charge in [0.2, 0.25) is 0 Å². The van der Waals surface area contributed by atoms with Crippen molar-refractivity contribution in [1.29, 1.82) is 0 Å². The number of anilines is 2. The first-order valence-corrected chi connectivity index (χ1v) is 10.2. The van der Waals surface area contributed by atoms with Gasteiger partial charge in [-0.15, -0.1) is 0 Å². The Morgan fingerprint density at radius 3 is 1.13 bits per heavy atom. The minimum absolute atomic E-state index is 0.124. The second-order valence-electron chi connectivity index (χ2n) is 7.33. The highest BCUT2D eigenvalue weighted by molar-refractivity contribution is 6.35. The molecule has 0 heterocycles. The van der Waals surface area contributed by atoms with Crippen LogP contribution in [-0.2, 0) is 19.2 Å². The fraction of sp³-hybridized carbons (Fsp3) is 0.182. The predicted octanol–water partition coefficient (Wildman–Crippen LogP) is 3.07. The van der Waals surface area contributed by atoms with Crippen molar-refractivity contribution in [3.63, 3.8) is 0 Å². The van der Waals surface area contributed by atoms with Crippen LogP contribution < -0.4 is 21.5 Å². The van der Waals surface area contributed by atoms with Gasteiger partial charge in [0, 0.05) is 11.4 Å². The van der Waals surface area contributed by atoms with Gasteiger partial charge >= 0.3 is 36.0 Å². The van der Waals surface area contributed by atoms with Gasteiger partial charge in [0.15, 0.2) is 0 Å². The maximum absolute atomic E-state index is 12.3. The van der Waals surface area contributed by atoms with Gasteiger partial charge in [0.1, 0.15) is 0 Å². The van der Waals surface area contributed by atoms with Gasteiger partial charge in [-0.3, -0.25) is 19.2 Å². The maximum Gasteiger partial charge on any atom is 0.471 e. The molecule has 38 heavy (non-hydrogen) atoms.